The van der Waals surface area contributed by atoms with Crippen molar-refractivity contribution in [3.05, 3.63) is 42.0 Å². The number of nitrogens with zero attached hydrogens (tertiary/aromatic N) is 4. The molecule has 17 heavy (non-hydrogen) atoms. The molecule has 0 saturated carbocycles. The number of nitrogens with one attached hydrogen (secondary N) is 1. The van der Waals surface area contributed by atoms with Gasteiger partial charge in [0.2, 0.25) is 5.95 Å². The lowest BCUT2D eigenvalue weighted by molar-refractivity contribution is 0.102. The van der Waals surface area contributed by atoms with E-state index < -0.39 is 0 Å². The molecule has 1 amide bonds. The maximum absolute atomic E-state index is 11.8. The summed E-state index contributed by atoms with van der Waals surface area (Å²) in [7, 11) is 0. The van der Waals surface area contributed by atoms with Gasteiger partial charge < -0.3 is 5.73 Å². The predicted octanol–water partition coefficient (Wildman–Crippen LogP) is -0.0224. The van der Waals surface area contributed by atoms with E-state index in [1.807, 2.05) is 0 Å². The summed E-state index contributed by atoms with van der Waals surface area (Å²) in [4.78, 5) is 19.6. The fourth-order valence-electron chi connectivity index (χ4n) is 1.21. The number of carbonyl (C=O) groups excluding carboxylic acids is 1. The van der Waals surface area contributed by atoms with Crippen LogP contribution in [0.15, 0.2) is 30.7 Å². The van der Waals surface area contributed by atoms with Crippen molar-refractivity contribution in [2.75, 3.05) is 5.32 Å². The highest BCUT2D eigenvalue weighted by atomic mass is 16.1. The maximum Gasteiger partial charge on any atom is 0.258 e. The second kappa shape index (κ2) is 5.08. The number of anilines is 1. The molecule has 2 heterocycles. The van der Waals surface area contributed by atoms with Crippen LogP contribution in [-0.2, 0) is 6.54 Å². The number of carbonyl (C=O) groups is 1. The van der Waals surface area contributed by atoms with Gasteiger partial charge in [-0.05, 0) is 12.1 Å². The minimum atomic E-state index is -0.324. The first-order valence-electron chi connectivity index (χ1n) is 4.89. The summed E-state index contributed by atoms with van der Waals surface area (Å²) >= 11 is 0. The third kappa shape index (κ3) is 2.79. The lowest BCUT2D eigenvalue weighted by atomic mass is 10.2. The van der Waals surface area contributed by atoms with Crippen molar-refractivity contribution in [2.45, 2.75) is 6.54 Å². The van der Waals surface area contributed by atoms with Crippen LogP contribution in [0.4, 0.5) is 5.95 Å². The third-order valence-corrected chi connectivity index (χ3v) is 2.00. The van der Waals surface area contributed by atoms with Crippen molar-refractivity contribution in [3.8, 4) is 0 Å². The molecule has 0 aliphatic rings. The van der Waals surface area contributed by atoms with Gasteiger partial charge in [0.1, 0.15) is 0 Å². The van der Waals surface area contributed by atoms with Crippen molar-refractivity contribution < 1.29 is 4.79 Å². The van der Waals surface area contributed by atoms with Crippen LogP contribution >= 0.6 is 0 Å². The van der Waals surface area contributed by atoms with Gasteiger partial charge in [-0.3, -0.25) is 15.1 Å². The number of rotatable bonds is 3. The Morgan fingerprint density at radius 3 is 2.88 bits per heavy atom. The van der Waals surface area contributed by atoms with Crippen molar-refractivity contribution in [1.29, 1.82) is 0 Å². The molecule has 2 aromatic rings. The number of hydrogen-bond acceptors (Lipinski definition) is 6. The van der Waals surface area contributed by atoms with E-state index in [-0.39, 0.29) is 18.4 Å². The van der Waals surface area contributed by atoms with Crippen LogP contribution in [0.1, 0.15) is 16.1 Å². The number of hydrogen-bond donors (Lipinski definition) is 2. The van der Waals surface area contributed by atoms with Crippen LogP contribution in [0, 0.1) is 0 Å². The quantitative estimate of drug-likeness (QED) is 0.767. The second-order valence-electron chi connectivity index (χ2n) is 3.16. The van der Waals surface area contributed by atoms with Gasteiger partial charge in [-0.25, -0.2) is 4.98 Å². The van der Waals surface area contributed by atoms with Gasteiger partial charge in [0, 0.05) is 18.3 Å². The zero-order valence-electron chi connectivity index (χ0n) is 8.87. The molecule has 0 unspecified atom stereocenters. The van der Waals surface area contributed by atoms with Crippen molar-refractivity contribution in [1.82, 2.24) is 20.2 Å². The summed E-state index contributed by atoms with van der Waals surface area (Å²) in [5, 5.41) is 9.78. The fraction of sp³-hybridized carbons (Fsp3) is 0.100. The molecule has 0 aliphatic carbocycles. The molecule has 7 nitrogen and oxygen atoms in total. The average molecular weight is 230 g/mol. The monoisotopic (exact) mass is 230 g/mol. The Morgan fingerprint density at radius 1 is 1.29 bits per heavy atom. The van der Waals surface area contributed by atoms with E-state index in [1.54, 1.807) is 12.1 Å². The molecule has 0 saturated heterocycles. The summed E-state index contributed by atoms with van der Waals surface area (Å²) in [6, 6.07) is 3.20. The zero-order valence-corrected chi connectivity index (χ0v) is 8.87. The van der Waals surface area contributed by atoms with Crippen LogP contribution in [0.3, 0.4) is 0 Å². The minimum absolute atomic E-state index is 0.156. The van der Waals surface area contributed by atoms with Gasteiger partial charge in [-0.15, -0.1) is 5.10 Å². The SMILES string of the molecule is NCc1cc(C(=O)Nc2nccnn2)ccn1. The number of pyridine rings is 1. The van der Waals surface area contributed by atoms with Crippen LogP contribution in [0.25, 0.3) is 0 Å². The van der Waals surface area contributed by atoms with Crippen LogP contribution in [0.5, 0.6) is 0 Å². The van der Waals surface area contributed by atoms with Gasteiger partial charge in [0.05, 0.1) is 18.1 Å². The Morgan fingerprint density at radius 2 is 2.18 bits per heavy atom. The standard InChI is InChI=1S/C10H10N6O/c11-6-8-5-7(1-2-12-8)9(17)15-10-13-3-4-14-16-10/h1-5H,6,11H2,(H,13,15,16,17). The van der Waals surface area contributed by atoms with Crippen LogP contribution < -0.4 is 11.1 Å². The first-order chi connectivity index (χ1) is 8.29. The lowest BCUT2D eigenvalue weighted by Gasteiger charge is -2.03. The molecule has 0 fully saturated rings. The molecule has 0 aliphatic heterocycles. The van der Waals surface area contributed by atoms with Gasteiger partial charge in [-0.1, -0.05) is 0 Å². The highest BCUT2D eigenvalue weighted by molar-refractivity contribution is 6.03. The number of aromatic nitrogens is 4. The molecule has 7 heteroatoms. The highest BCUT2D eigenvalue weighted by Gasteiger charge is 2.08. The Labute approximate surface area is 97.1 Å². The van der Waals surface area contributed by atoms with E-state index in [1.165, 1.54) is 18.6 Å². The molecular formula is C10H10N6O. The lowest BCUT2D eigenvalue weighted by Crippen LogP contribution is -2.15. The Hall–Kier alpha value is -2.41. The molecular weight excluding hydrogens is 220 g/mol. The summed E-state index contributed by atoms with van der Waals surface area (Å²) in [6.45, 7) is 0.282. The van der Waals surface area contributed by atoms with Crippen LogP contribution in [0.2, 0.25) is 0 Å². The first kappa shape index (κ1) is 11.1. The van der Waals surface area contributed by atoms with Crippen molar-refractivity contribution >= 4 is 11.9 Å². The predicted molar refractivity (Wildman–Crippen MR) is 59.9 cm³/mol. The van der Waals surface area contributed by atoms with E-state index in [9.17, 15) is 4.79 Å². The summed E-state index contributed by atoms with van der Waals surface area (Å²) in [5.74, 6) is -0.168. The largest absolute Gasteiger partial charge is 0.325 e. The topological polar surface area (TPSA) is 107 Å². The summed E-state index contributed by atoms with van der Waals surface area (Å²) < 4.78 is 0. The van der Waals surface area contributed by atoms with E-state index in [4.69, 9.17) is 5.73 Å². The van der Waals surface area contributed by atoms with Gasteiger partial charge in [0.25, 0.3) is 5.91 Å². The summed E-state index contributed by atoms with van der Waals surface area (Å²) in [6.07, 6.45) is 4.40. The molecule has 3 N–H and O–H groups in total. The minimum Gasteiger partial charge on any atom is -0.325 e. The molecule has 2 rings (SSSR count). The molecule has 0 aromatic carbocycles. The second-order valence-corrected chi connectivity index (χ2v) is 3.16. The number of amides is 1. The van der Waals surface area contributed by atoms with Gasteiger partial charge in [0.15, 0.2) is 0 Å². The van der Waals surface area contributed by atoms with Crippen LogP contribution in [-0.4, -0.2) is 26.1 Å². The maximum atomic E-state index is 11.8. The zero-order chi connectivity index (χ0) is 12.1. The molecule has 0 bridgehead atoms. The van der Waals surface area contributed by atoms with E-state index in [2.05, 4.69) is 25.5 Å². The van der Waals surface area contributed by atoms with Crippen molar-refractivity contribution in [3.63, 3.8) is 0 Å². The van der Waals surface area contributed by atoms with E-state index in [0.717, 1.165) is 0 Å². The summed E-state index contributed by atoms with van der Waals surface area (Å²) in [5.41, 5.74) is 6.54. The van der Waals surface area contributed by atoms with Crippen molar-refractivity contribution in [2.24, 2.45) is 5.73 Å². The number of nitrogens with two attached hydrogens (primary N) is 1. The molecule has 0 radical (unpaired) electrons. The molecule has 0 spiro atoms. The smallest absolute Gasteiger partial charge is 0.258 e. The normalized spacial score (nSPS) is 9.94. The Bertz CT molecular complexity index is 515. The highest BCUT2D eigenvalue weighted by Crippen LogP contribution is 2.04. The Kier molecular flexibility index (Phi) is 3.31. The van der Waals surface area contributed by atoms with E-state index in [0.29, 0.717) is 11.3 Å². The van der Waals surface area contributed by atoms with E-state index >= 15 is 0 Å². The molecule has 0 atom stereocenters. The molecule has 2 aromatic heterocycles. The third-order valence-electron chi connectivity index (χ3n) is 2.00. The average Bonchev–Trinajstić information content (AvgIpc) is 2.40. The van der Waals surface area contributed by atoms with Gasteiger partial charge >= 0.3 is 0 Å². The Balaban J connectivity index is 2.14. The first-order valence-corrected chi connectivity index (χ1v) is 4.89. The fourth-order valence-corrected chi connectivity index (χ4v) is 1.21. The molecule has 86 valence electrons. The van der Waals surface area contributed by atoms with Gasteiger partial charge in [-0.2, -0.15) is 5.10 Å².